The van der Waals surface area contributed by atoms with Crippen molar-refractivity contribution < 1.29 is 9.63 Å². The van der Waals surface area contributed by atoms with Crippen LogP contribution in [0.15, 0.2) is 12.2 Å². The molecule has 23 heavy (non-hydrogen) atoms. The summed E-state index contributed by atoms with van der Waals surface area (Å²) < 4.78 is 0. The first-order valence-electron chi connectivity index (χ1n) is 9.14. The van der Waals surface area contributed by atoms with Crippen LogP contribution < -0.4 is 5.32 Å². The van der Waals surface area contributed by atoms with Crippen molar-refractivity contribution >= 4 is 5.91 Å². The minimum absolute atomic E-state index is 0.0120. The Morgan fingerprint density at radius 2 is 1.65 bits per heavy atom. The van der Waals surface area contributed by atoms with Gasteiger partial charge in [-0.05, 0) is 59.8 Å². The van der Waals surface area contributed by atoms with Crippen molar-refractivity contribution in [3.63, 3.8) is 0 Å². The highest BCUT2D eigenvalue weighted by atomic mass is 16.7. The average Bonchev–Trinajstić information content (AvgIpc) is 2.46. The molecule has 0 aromatic rings. The van der Waals surface area contributed by atoms with Crippen LogP contribution in [0.25, 0.3) is 0 Å². The summed E-state index contributed by atoms with van der Waals surface area (Å²) in [6.07, 6.45) is 9.32. The summed E-state index contributed by atoms with van der Waals surface area (Å²) in [6, 6.07) is 0.316. The molecule has 2 fully saturated rings. The molecule has 2 aliphatic rings. The lowest BCUT2D eigenvalue weighted by atomic mass is 9.82. The first-order chi connectivity index (χ1) is 10.7. The molecule has 0 spiro atoms. The summed E-state index contributed by atoms with van der Waals surface area (Å²) in [5, 5.41) is 5.20. The molecular weight excluding hydrogens is 288 g/mol. The molecule has 4 nitrogen and oxygen atoms in total. The molecule has 0 aromatic heterocycles. The molecule has 0 unspecified atom stereocenters. The second-order valence-corrected chi connectivity index (χ2v) is 8.46. The number of amides is 1. The van der Waals surface area contributed by atoms with Gasteiger partial charge in [-0.1, -0.05) is 25.8 Å². The fourth-order valence-electron chi connectivity index (χ4n) is 4.07. The SMILES string of the molecule is C=C(CON1C(C)(C)CCCC1(C)C)C(=O)NC1CCCCC1. The van der Waals surface area contributed by atoms with E-state index in [4.69, 9.17) is 4.84 Å². The Balaban J connectivity index is 1.85. The van der Waals surface area contributed by atoms with E-state index in [-0.39, 0.29) is 23.6 Å². The zero-order chi connectivity index (χ0) is 17.1. The minimum Gasteiger partial charge on any atom is -0.350 e. The van der Waals surface area contributed by atoms with E-state index in [0.717, 1.165) is 25.7 Å². The van der Waals surface area contributed by atoms with Crippen molar-refractivity contribution in [3.8, 4) is 0 Å². The number of hydrogen-bond acceptors (Lipinski definition) is 3. The molecule has 1 aliphatic heterocycles. The second-order valence-electron chi connectivity index (χ2n) is 8.46. The van der Waals surface area contributed by atoms with Crippen LogP contribution in [0.4, 0.5) is 0 Å². The first kappa shape index (κ1) is 18.5. The fourth-order valence-corrected chi connectivity index (χ4v) is 4.07. The molecule has 0 radical (unpaired) electrons. The standard InChI is InChI=1S/C19H34N2O2/c1-15(17(22)20-16-10-7-6-8-11-16)14-23-21-18(2,3)12-9-13-19(21,4)5/h16H,1,6-14H2,2-5H3,(H,20,22). The quantitative estimate of drug-likeness (QED) is 0.779. The number of piperidine rings is 1. The maximum absolute atomic E-state index is 12.3. The Labute approximate surface area is 141 Å². The van der Waals surface area contributed by atoms with E-state index in [1.807, 2.05) is 0 Å². The summed E-state index contributed by atoms with van der Waals surface area (Å²) in [4.78, 5) is 18.4. The summed E-state index contributed by atoms with van der Waals surface area (Å²) in [7, 11) is 0. The Hall–Kier alpha value is -0.870. The molecule has 132 valence electrons. The van der Waals surface area contributed by atoms with Crippen LogP contribution in [0.3, 0.4) is 0 Å². The lowest BCUT2D eigenvalue weighted by molar-refractivity contribution is -0.275. The zero-order valence-corrected chi connectivity index (χ0v) is 15.4. The zero-order valence-electron chi connectivity index (χ0n) is 15.4. The Morgan fingerprint density at radius 1 is 1.09 bits per heavy atom. The minimum atomic E-state index is -0.0514. The van der Waals surface area contributed by atoms with Crippen LogP contribution in [0.5, 0.6) is 0 Å². The number of carbonyl (C=O) groups is 1. The van der Waals surface area contributed by atoms with Crippen molar-refractivity contribution in [3.05, 3.63) is 12.2 Å². The van der Waals surface area contributed by atoms with Gasteiger partial charge in [0.25, 0.3) is 0 Å². The summed E-state index contributed by atoms with van der Waals surface area (Å²) in [5.41, 5.74) is 0.497. The molecule has 0 atom stereocenters. The molecule has 1 saturated carbocycles. The summed E-state index contributed by atoms with van der Waals surface area (Å²) in [5.74, 6) is -0.0514. The summed E-state index contributed by atoms with van der Waals surface area (Å²) in [6.45, 7) is 13.0. The van der Waals surface area contributed by atoms with Gasteiger partial charge < -0.3 is 5.32 Å². The highest BCUT2D eigenvalue weighted by Gasteiger charge is 2.42. The van der Waals surface area contributed by atoms with Gasteiger partial charge in [-0.25, -0.2) is 0 Å². The molecule has 0 bridgehead atoms. The molecule has 1 N–H and O–H groups in total. The van der Waals surface area contributed by atoms with Gasteiger partial charge in [0.05, 0.1) is 6.61 Å². The molecule has 1 amide bonds. The van der Waals surface area contributed by atoms with E-state index in [9.17, 15) is 4.79 Å². The molecule has 1 saturated heterocycles. The third-order valence-electron chi connectivity index (χ3n) is 5.31. The van der Waals surface area contributed by atoms with E-state index >= 15 is 0 Å². The van der Waals surface area contributed by atoms with Gasteiger partial charge in [-0.2, -0.15) is 5.06 Å². The number of nitrogens with one attached hydrogen (secondary N) is 1. The highest BCUT2D eigenvalue weighted by molar-refractivity contribution is 5.93. The molecular formula is C19H34N2O2. The average molecular weight is 322 g/mol. The van der Waals surface area contributed by atoms with Gasteiger partial charge >= 0.3 is 0 Å². The van der Waals surface area contributed by atoms with Gasteiger partial charge in [0.2, 0.25) is 5.91 Å². The predicted octanol–water partition coefficient (Wildman–Crippen LogP) is 3.97. The number of hydrogen-bond donors (Lipinski definition) is 1. The smallest absolute Gasteiger partial charge is 0.249 e. The number of carbonyl (C=O) groups excluding carboxylic acids is 1. The van der Waals surface area contributed by atoms with Gasteiger partial charge in [0, 0.05) is 22.7 Å². The largest absolute Gasteiger partial charge is 0.350 e. The van der Waals surface area contributed by atoms with Gasteiger partial charge in [0.15, 0.2) is 0 Å². The maximum atomic E-state index is 12.3. The molecule has 1 heterocycles. The van der Waals surface area contributed by atoms with Crippen LogP contribution in [-0.2, 0) is 9.63 Å². The number of hydroxylamine groups is 2. The van der Waals surface area contributed by atoms with Gasteiger partial charge in [0.1, 0.15) is 0 Å². The third kappa shape index (κ3) is 4.80. The highest BCUT2D eigenvalue weighted by Crippen LogP contribution is 2.38. The monoisotopic (exact) mass is 322 g/mol. The van der Waals surface area contributed by atoms with Crippen LogP contribution in [0, 0.1) is 0 Å². The first-order valence-corrected chi connectivity index (χ1v) is 9.14. The van der Waals surface area contributed by atoms with Gasteiger partial charge in [-0.3, -0.25) is 9.63 Å². The summed E-state index contributed by atoms with van der Waals surface area (Å²) >= 11 is 0. The van der Waals surface area contributed by atoms with Crippen LogP contribution in [0.2, 0.25) is 0 Å². The third-order valence-corrected chi connectivity index (χ3v) is 5.31. The van der Waals surface area contributed by atoms with E-state index in [1.165, 1.54) is 25.7 Å². The molecule has 2 rings (SSSR count). The lowest BCUT2D eigenvalue weighted by Gasteiger charge is -2.51. The van der Waals surface area contributed by atoms with E-state index < -0.39 is 0 Å². The Kier molecular flexibility index (Phi) is 5.90. The van der Waals surface area contributed by atoms with Crippen molar-refractivity contribution in [2.45, 2.75) is 96.2 Å². The molecule has 0 aromatic carbocycles. The van der Waals surface area contributed by atoms with E-state index in [0.29, 0.717) is 11.6 Å². The van der Waals surface area contributed by atoms with Crippen LogP contribution in [-0.4, -0.2) is 34.7 Å². The van der Waals surface area contributed by atoms with E-state index in [1.54, 1.807) is 0 Å². The predicted molar refractivity (Wildman–Crippen MR) is 94.0 cm³/mol. The molecule has 1 aliphatic carbocycles. The Morgan fingerprint density at radius 3 is 2.22 bits per heavy atom. The van der Waals surface area contributed by atoms with Crippen molar-refractivity contribution in [1.29, 1.82) is 0 Å². The van der Waals surface area contributed by atoms with Crippen molar-refractivity contribution in [2.24, 2.45) is 0 Å². The number of rotatable bonds is 5. The van der Waals surface area contributed by atoms with Crippen molar-refractivity contribution in [2.75, 3.05) is 6.61 Å². The van der Waals surface area contributed by atoms with E-state index in [2.05, 4.69) is 44.7 Å². The van der Waals surface area contributed by atoms with Gasteiger partial charge in [-0.15, -0.1) is 0 Å². The maximum Gasteiger partial charge on any atom is 0.249 e. The normalized spacial score (nSPS) is 25.0. The Bertz CT molecular complexity index is 421. The van der Waals surface area contributed by atoms with Crippen LogP contribution >= 0.6 is 0 Å². The fraction of sp³-hybridized carbons (Fsp3) is 0.842. The molecule has 4 heteroatoms. The number of nitrogens with zero attached hydrogens (tertiary/aromatic N) is 1. The lowest BCUT2D eigenvalue weighted by Crippen LogP contribution is -2.58. The topological polar surface area (TPSA) is 41.6 Å². The van der Waals surface area contributed by atoms with Crippen molar-refractivity contribution in [1.82, 2.24) is 10.4 Å². The van der Waals surface area contributed by atoms with Crippen LogP contribution in [0.1, 0.15) is 79.1 Å². The second kappa shape index (κ2) is 7.35.